The van der Waals surface area contributed by atoms with Gasteiger partial charge in [0.15, 0.2) is 0 Å². The molecule has 0 aliphatic heterocycles. The number of nitrogens with zero attached hydrogens (tertiary/aromatic N) is 1. The molecule has 0 aliphatic carbocycles. The van der Waals surface area contributed by atoms with E-state index in [1.165, 1.54) is 25.2 Å². The van der Waals surface area contributed by atoms with Gasteiger partial charge in [-0.1, -0.05) is 11.6 Å². The molecule has 7 heteroatoms. The predicted molar refractivity (Wildman–Crippen MR) is 66.5 cm³/mol. The van der Waals surface area contributed by atoms with Crippen molar-refractivity contribution in [2.24, 2.45) is 0 Å². The molecule has 0 atom stereocenters. The van der Waals surface area contributed by atoms with Crippen LogP contribution in [0.3, 0.4) is 0 Å². The van der Waals surface area contributed by atoms with Gasteiger partial charge in [0.1, 0.15) is 5.75 Å². The number of halogens is 1. The van der Waals surface area contributed by atoms with Crippen molar-refractivity contribution in [3.63, 3.8) is 0 Å². The van der Waals surface area contributed by atoms with E-state index in [-0.39, 0.29) is 24.6 Å². The Morgan fingerprint density at radius 1 is 1.44 bits per heavy atom. The molecule has 0 aliphatic rings. The van der Waals surface area contributed by atoms with Crippen molar-refractivity contribution < 1.29 is 19.8 Å². The van der Waals surface area contributed by atoms with Crippen molar-refractivity contribution in [3.05, 3.63) is 23.2 Å². The average Bonchev–Trinajstić information content (AvgIpc) is 2.33. The summed E-state index contributed by atoms with van der Waals surface area (Å²) in [5.41, 5.74) is 0.0539. The predicted octanol–water partition coefficient (Wildman–Crippen LogP) is 0.435. The van der Waals surface area contributed by atoms with Gasteiger partial charge in [-0.2, -0.15) is 0 Å². The smallest absolute Gasteiger partial charge is 0.313 e. The minimum Gasteiger partial charge on any atom is -0.506 e. The van der Waals surface area contributed by atoms with Crippen LogP contribution in [-0.4, -0.2) is 47.1 Å². The van der Waals surface area contributed by atoms with Gasteiger partial charge in [0, 0.05) is 18.6 Å². The van der Waals surface area contributed by atoms with Crippen molar-refractivity contribution in [3.8, 4) is 5.75 Å². The number of aliphatic hydroxyl groups is 1. The number of likely N-dealkylation sites (N-methyl/N-ethyl adjacent to an activating group) is 1. The summed E-state index contributed by atoms with van der Waals surface area (Å²) in [6.07, 6.45) is 0. The number of rotatable bonds is 3. The lowest BCUT2D eigenvalue weighted by Gasteiger charge is -2.15. The number of benzene rings is 1. The van der Waals surface area contributed by atoms with Crippen molar-refractivity contribution >= 4 is 29.1 Å². The Bertz CT molecular complexity index is 464. The third-order valence-corrected chi connectivity index (χ3v) is 2.42. The number of phenolic OH excluding ortho intramolecular Hbond substituents is 1. The van der Waals surface area contributed by atoms with Crippen LogP contribution in [0.15, 0.2) is 18.2 Å². The summed E-state index contributed by atoms with van der Waals surface area (Å²) in [6.45, 7) is -0.189. The Morgan fingerprint density at radius 3 is 2.72 bits per heavy atom. The van der Waals surface area contributed by atoms with Crippen molar-refractivity contribution in [2.75, 3.05) is 25.5 Å². The number of nitrogens with one attached hydrogen (secondary N) is 1. The molecule has 0 bridgehead atoms. The highest BCUT2D eigenvalue weighted by Gasteiger charge is 2.19. The molecule has 0 radical (unpaired) electrons. The molecule has 0 unspecified atom stereocenters. The largest absolute Gasteiger partial charge is 0.506 e. The van der Waals surface area contributed by atoms with Gasteiger partial charge in [0.25, 0.3) is 0 Å². The second-order valence-electron chi connectivity index (χ2n) is 3.57. The zero-order chi connectivity index (χ0) is 13.7. The summed E-state index contributed by atoms with van der Waals surface area (Å²) in [6, 6.07) is 4.08. The van der Waals surface area contributed by atoms with Crippen LogP contribution in [0.5, 0.6) is 5.75 Å². The van der Waals surface area contributed by atoms with Crippen LogP contribution < -0.4 is 5.32 Å². The highest BCUT2D eigenvalue weighted by atomic mass is 35.5. The maximum absolute atomic E-state index is 11.6. The number of carbonyl (C=O) groups excluding carboxylic acids is 2. The van der Waals surface area contributed by atoms with Gasteiger partial charge < -0.3 is 20.4 Å². The highest BCUT2D eigenvalue weighted by molar-refractivity contribution is 6.39. The van der Waals surface area contributed by atoms with E-state index in [1.807, 2.05) is 0 Å². The Kier molecular flexibility index (Phi) is 4.94. The standard InChI is InChI=1S/C11H13ClN2O4/c1-14(4-5-15)11(18)10(17)13-8-6-7(12)2-3-9(8)16/h2-3,6,15-16H,4-5H2,1H3,(H,13,17). The Morgan fingerprint density at radius 2 is 2.11 bits per heavy atom. The Labute approximate surface area is 109 Å². The number of aliphatic hydroxyl groups excluding tert-OH is 1. The fraction of sp³-hybridized carbons (Fsp3) is 0.273. The molecule has 98 valence electrons. The third-order valence-electron chi connectivity index (χ3n) is 2.18. The van der Waals surface area contributed by atoms with E-state index in [2.05, 4.69) is 5.32 Å². The van der Waals surface area contributed by atoms with Crippen molar-refractivity contribution in [1.82, 2.24) is 4.90 Å². The molecule has 0 fully saturated rings. The lowest BCUT2D eigenvalue weighted by Crippen LogP contribution is -2.38. The van der Waals surface area contributed by atoms with Crippen LogP contribution in [0.4, 0.5) is 5.69 Å². The summed E-state index contributed by atoms with van der Waals surface area (Å²) in [7, 11) is 1.38. The van der Waals surface area contributed by atoms with Gasteiger partial charge in [-0.05, 0) is 18.2 Å². The third kappa shape index (κ3) is 3.61. The first-order valence-electron chi connectivity index (χ1n) is 5.11. The van der Waals surface area contributed by atoms with Crippen LogP contribution in [0.1, 0.15) is 0 Å². The van der Waals surface area contributed by atoms with Crippen LogP contribution in [-0.2, 0) is 9.59 Å². The first kappa shape index (κ1) is 14.3. The maximum Gasteiger partial charge on any atom is 0.313 e. The molecule has 3 N–H and O–H groups in total. The number of hydrogen-bond acceptors (Lipinski definition) is 4. The van der Waals surface area contributed by atoms with Crippen molar-refractivity contribution in [2.45, 2.75) is 0 Å². The van der Waals surface area contributed by atoms with E-state index in [0.717, 1.165) is 4.90 Å². The van der Waals surface area contributed by atoms with E-state index >= 15 is 0 Å². The molecule has 0 heterocycles. The fourth-order valence-corrected chi connectivity index (χ4v) is 1.38. The monoisotopic (exact) mass is 272 g/mol. The zero-order valence-corrected chi connectivity index (χ0v) is 10.4. The van der Waals surface area contributed by atoms with E-state index in [9.17, 15) is 14.7 Å². The van der Waals surface area contributed by atoms with Gasteiger partial charge in [-0.15, -0.1) is 0 Å². The van der Waals surface area contributed by atoms with E-state index in [0.29, 0.717) is 5.02 Å². The number of hydrogen-bond donors (Lipinski definition) is 3. The quantitative estimate of drug-likeness (QED) is 0.550. The molecule has 0 saturated heterocycles. The number of carbonyl (C=O) groups is 2. The number of aromatic hydroxyl groups is 1. The molecule has 6 nitrogen and oxygen atoms in total. The molecule has 0 spiro atoms. The molecule has 1 aromatic rings. The molecule has 1 aromatic carbocycles. The normalized spacial score (nSPS) is 9.94. The minimum absolute atomic E-state index is 0.0494. The van der Waals surface area contributed by atoms with E-state index in [1.54, 1.807) is 0 Å². The minimum atomic E-state index is -0.913. The lowest BCUT2D eigenvalue weighted by atomic mass is 10.3. The number of anilines is 1. The van der Waals surface area contributed by atoms with Gasteiger partial charge in [0.2, 0.25) is 0 Å². The fourth-order valence-electron chi connectivity index (χ4n) is 1.21. The first-order valence-corrected chi connectivity index (χ1v) is 5.49. The highest BCUT2D eigenvalue weighted by Crippen LogP contribution is 2.26. The van der Waals surface area contributed by atoms with Crippen LogP contribution in [0.25, 0.3) is 0 Å². The van der Waals surface area contributed by atoms with E-state index < -0.39 is 11.8 Å². The lowest BCUT2D eigenvalue weighted by molar-refractivity contribution is -0.142. The molecular weight excluding hydrogens is 260 g/mol. The van der Waals surface area contributed by atoms with E-state index in [4.69, 9.17) is 16.7 Å². The maximum atomic E-state index is 11.6. The topological polar surface area (TPSA) is 89.9 Å². The number of phenols is 1. The molecular formula is C11H13ClN2O4. The number of amides is 2. The second-order valence-corrected chi connectivity index (χ2v) is 4.00. The Balaban J connectivity index is 2.75. The molecule has 0 saturated carbocycles. The van der Waals surface area contributed by atoms with Gasteiger partial charge in [-0.25, -0.2) is 0 Å². The molecule has 18 heavy (non-hydrogen) atoms. The van der Waals surface area contributed by atoms with Gasteiger partial charge in [0.05, 0.1) is 12.3 Å². The van der Waals surface area contributed by atoms with Crippen molar-refractivity contribution in [1.29, 1.82) is 0 Å². The first-order chi connectivity index (χ1) is 8.45. The summed E-state index contributed by atoms with van der Waals surface area (Å²) in [5.74, 6) is -1.92. The Hall–Kier alpha value is -1.79. The van der Waals surface area contributed by atoms with Crippen LogP contribution in [0.2, 0.25) is 5.02 Å². The zero-order valence-electron chi connectivity index (χ0n) is 9.68. The summed E-state index contributed by atoms with van der Waals surface area (Å²) < 4.78 is 0. The van der Waals surface area contributed by atoms with Gasteiger partial charge >= 0.3 is 11.8 Å². The molecule has 1 rings (SSSR count). The summed E-state index contributed by atoms with van der Waals surface area (Å²) >= 11 is 5.70. The molecule has 2 amide bonds. The van der Waals surface area contributed by atoms with Crippen LogP contribution >= 0.6 is 11.6 Å². The van der Waals surface area contributed by atoms with Crippen LogP contribution in [0, 0.1) is 0 Å². The molecule has 0 aromatic heterocycles. The average molecular weight is 273 g/mol. The summed E-state index contributed by atoms with van der Waals surface area (Å²) in [4.78, 5) is 24.1. The summed E-state index contributed by atoms with van der Waals surface area (Å²) in [5, 5.41) is 20.7. The second kappa shape index (κ2) is 6.23. The van der Waals surface area contributed by atoms with Gasteiger partial charge in [-0.3, -0.25) is 9.59 Å². The SMILES string of the molecule is CN(CCO)C(=O)C(=O)Nc1cc(Cl)ccc1O.